The summed E-state index contributed by atoms with van der Waals surface area (Å²) < 4.78 is 23.8. The number of halogens is 1. The fourth-order valence-corrected chi connectivity index (χ4v) is 4.50. The van der Waals surface area contributed by atoms with E-state index >= 15 is 0 Å². The maximum atomic E-state index is 13.7. The van der Waals surface area contributed by atoms with Crippen LogP contribution in [0.2, 0.25) is 0 Å². The molecule has 3 rings (SSSR count). The highest BCUT2D eigenvalue weighted by Crippen LogP contribution is 2.42. The van der Waals surface area contributed by atoms with Crippen LogP contribution in [0.25, 0.3) is 0 Å². The van der Waals surface area contributed by atoms with Crippen LogP contribution < -0.4 is 4.74 Å². The highest BCUT2D eigenvalue weighted by atomic mass is 19.1. The predicted molar refractivity (Wildman–Crippen MR) is 113 cm³/mol. The number of ether oxygens (including phenoxy) is 2. The molecule has 0 aromatic heterocycles. The van der Waals surface area contributed by atoms with Gasteiger partial charge >= 0.3 is 5.97 Å². The van der Waals surface area contributed by atoms with Gasteiger partial charge in [-0.25, -0.2) is 4.39 Å². The maximum absolute atomic E-state index is 13.7. The number of hydrogen-bond donors (Lipinski definition) is 0. The molecule has 0 radical (unpaired) electrons. The number of hydrogen-bond acceptors (Lipinski definition) is 3. The molecule has 0 heterocycles. The van der Waals surface area contributed by atoms with Crippen molar-refractivity contribution >= 4 is 5.97 Å². The number of carbonyl (C=O) groups is 1. The van der Waals surface area contributed by atoms with Gasteiger partial charge in [-0.05, 0) is 79.2 Å². The van der Waals surface area contributed by atoms with Crippen molar-refractivity contribution in [1.82, 2.24) is 0 Å². The highest BCUT2D eigenvalue weighted by Gasteiger charge is 2.27. The molecule has 3 atom stereocenters. The van der Waals surface area contributed by atoms with Gasteiger partial charge in [0.2, 0.25) is 0 Å². The van der Waals surface area contributed by atoms with Crippen molar-refractivity contribution in [1.29, 1.82) is 0 Å². The van der Waals surface area contributed by atoms with Crippen molar-refractivity contribution in [3.63, 3.8) is 0 Å². The van der Waals surface area contributed by atoms with E-state index in [0.717, 1.165) is 17.5 Å². The number of benzene rings is 2. The van der Waals surface area contributed by atoms with E-state index in [4.69, 9.17) is 9.47 Å². The van der Waals surface area contributed by atoms with Crippen molar-refractivity contribution < 1.29 is 18.7 Å². The lowest BCUT2D eigenvalue weighted by Crippen LogP contribution is -2.07. The van der Waals surface area contributed by atoms with Crippen LogP contribution in [-0.2, 0) is 16.0 Å². The predicted octanol–water partition coefficient (Wildman–Crippen LogP) is 6.02. The molecule has 1 fully saturated rings. The molecule has 0 aliphatic heterocycles. The lowest BCUT2D eigenvalue weighted by molar-refractivity contribution is -0.142. The average Bonchev–Trinajstić information content (AvgIpc) is 3.17. The smallest absolute Gasteiger partial charge is 0.310 e. The van der Waals surface area contributed by atoms with Gasteiger partial charge in [-0.3, -0.25) is 4.79 Å². The molecule has 4 heteroatoms. The van der Waals surface area contributed by atoms with Gasteiger partial charge in [0, 0.05) is 0 Å². The quantitative estimate of drug-likeness (QED) is 0.510. The number of carbonyl (C=O) groups excluding carboxylic acids is 1. The summed E-state index contributed by atoms with van der Waals surface area (Å²) in [5.74, 6) is 1.46. The van der Waals surface area contributed by atoms with E-state index in [1.54, 1.807) is 0 Å². The lowest BCUT2D eigenvalue weighted by atomic mass is 9.88. The molecule has 0 unspecified atom stereocenters. The van der Waals surface area contributed by atoms with Crippen LogP contribution in [0.3, 0.4) is 0 Å². The summed E-state index contributed by atoms with van der Waals surface area (Å²) in [5, 5.41) is 0. The van der Waals surface area contributed by atoms with Crippen molar-refractivity contribution in [2.75, 3.05) is 13.7 Å². The van der Waals surface area contributed by atoms with E-state index < -0.39 is 0 Å². The van der Waals surface area contributed by atoms with Gasteiger partial charge in [-0.1, -0.05) is 37.3 Å². The zero-order valence-electron chi connectivity index (χ0n) is 17.6. The first-order valence-electron chi connectivity index (χ1n) is 10.6. The third-order valence-electron chi connectivity index (χ3n) is 6.08. The van der Waals surface area contributed by atoms with Crippen molar-refractivity contribution in [2.24, 2.45) is 5.92 Å². The summed E-state index contributed by atoms with van der Waals surface area (Å²) >= 11 is 0. The number of esters is 1. The molecule has 1 aliphatic rings. The maximum Gasteiger partial charge on any atom is 0.310 e. The first-order valence-corrected chi connectivity index (χ1v) is 10.6. The Kier molecular flexibility index (Phi) is 7.29. The normalized spacial score (nSPS) is 19.7. The largest absolute Gasteiger partial charge is 0.494 e. The molecule has 0 N–H and O–H groups in total. The zero-order valence-corrected chi connectivity index (χ0v) is 17.6. The first-order chi connectivity index (χ1) is 14.0. The van der Waals surface area contributed by atoms with Crippen molar-refractivity contribution in [2.45, 2.75) is 57.8 Å². The lowest BCUT2D eigenvalue weighted by Gasteiger charge is -2.18. The molecule has 2 aromatic carbocycles. The Bertz CT molecular complexity index is 815. The fourth-order valence-electron chi connectivity index (χ4n) is 4.50. The number of methoxy groups -OCH3 is 1. The van der Waals surface area contributed by atoms with E-state index in [2.05, 4.69) is 19.1 Å². The molecular formula is C25H31FO3. The molecule has 0 bridgehead atoms. The Balaban J connectivity index is 1.55. The summed E-state index contributed by atoms with van der Waals surface area (Å²) in [5.41, 5.74) is 3.49. The van der Waals surface area contributed by atoms with E-state index in [-0.39, 0.29) is 11.8 Å². The summed E-state index contributed by atoms with van der Waals surface area (Å²) in [6.45, 7) is 4.46. The van der Waals surface area contributed by atoms with E-state index in [0.29, 0.717) is 36.5 Å². The molecule has 1 saturated carbocycles. The monoisotopic (exact) mass is 398 g/mol. The Morgan fingerprint density at radius 2 is 1.93 bits per heavy atom. The van der Waals surface area contributed by atoms with Gasteiger partial charge in [0.05, 0.1) is 20.1 Å². The standard InChI is InChI=1S/C25H31FO3/c1-4-29-25(27)15-18-5-8-20(9-6-18)22-10-7-19(14-22)13-17(2)21-11-12-23(26)24(16-21)28-3/h5-6,8-9,11-12,16-17,19,22H,4,7,10,13-15H2,1-3H3/t17-,19+,22+/m0/s1. The Morgan fingerprint density at radius 3 is 2.62 bits per heavy atom. The van der Waals surface area contributed by atoms with Gasteiger partial charge in [-0.2, -0.15) is 0 Å². The molecule has 0 spiro atoms. The van der Waals surface area contributed by atoms with Crippen LogP contribution in [0.4, 0.5) is 4.39 Å². The van der Waals surface area contributed by atoms with Gasteiger partial charge in [0.1, 0.15) is 0 Å². The second kappa shape index (κ2) is 9.91. The molecular weight excluding hydrogens is 367 g/mol. The van der Waals surface area contributed by atoms with Crippen LogP contribution in [0.15, 0.2) is 42.5 Å². The van der Waals surface area contributed by atoms with Crippen LogP contribution in [-0.4, -0.2) is 19.7 Å². The minimum atomic E-state index is -0.309. The molecule has 2 aromatic rings. The average molecular weight is 399 g/mol. The van der Waals surface area contributed by atoms with E-state index in [1.807, 2.05) is 31.2 Å². The Morgan fingerprint density at radius 1 is 1.17 bits per heavy atom. The summed E-state index contributed by atoms with van der Waals surface area (Å²) in [6.07, 6.45) is 5.03. The minimum Gasteiger partial charge on any atom is -0.494 e. The van der Waals surface area contributed by atoms with Crippen LogP contribution in [0, 0.1) is 11.7 Å². The van der Waals surface area contributed by atoms with Crippen molar-refractivity contribution in [3.05, 3.63) is 65.0 Å². The van der Waals surface area contributed by atoms with Gasteiger partial charge < -0.3 is 9.47 Å². The molecule has 1 aliphatic carbocycles. The number of rotatable bonds is 8. The van der Waals surface area contributed by atoms with E-state index in [9.17, 15) is 9.18 Å². The second-order valence-electron chi connectivity index (χ2n) is 8.13. The Labute approximate surface area is 173 Å². The molecule has 0 saturated heterocycles. The SMILES string of the molecule is CCOC(=O)Cc1ccc([C@@H]2CC[C@H](C[C@H](C)c3ccc(F)c(OC)c3)C2)cc1. The summed E-state index contributed by atoms with van der Waals surface area (Å²) in [6, 6.07) is 13.6. The molecule has 3 nitrogen and oxygen atoms in total. The molecule has 29 heavy (non-hydrogen) atoms. The molecule has 0 amide bonds. The third kappa shape index (κ3) is 5.59. The summed E-state index contributed by atoms with van der Waals surface area (Å²) in [7, 11) is 1.51. The van der Waals surface area contributed by atoms with Gasteiger partial charge in [0.25, 0.3) is 0 Å². The highest BCUT2D eigenvalue weighted by molar-refractivity contribution is 5.72. The van der Waals surface area contributed by atoms with E-state index in [1.165, 1.54) is 38.0 Å². The zero-order chi connectivity index (χ0) is 20.8. The summed E-state index contributed by atoms with van der Waals surface area (Å²) in [4.78, 5) is 11.6. The van der Waals surface area contributed by atoms with Crippen LogP contribution >= 0.6 is 0 Å². The Hall–Kier alpha value is -2.36. The van der Waals surface area contributed by atoms with Gasteiger partial charge in [-0.15, -0.1) is 0 Å². The first kappa shape index (κ1) is 21.4. The molecule has 156 valence electrons. The fraction of sp³-hybridized carbons (Fsp3) is 0.480. The van der Waals surface area contributed by atoms with Gasteiger partial charge in [0.15, 0.2) is 11.6 Å². The second-order valence-corrected chi connectivity index (χ2v) is 8.13. The topological polar surface area (TPSA) is 35.5 Å². The van der Waals surface area contributed by atoms with Crippen LogP contribution in [0.1, 0.15) is 68.1 Å². The van der Waals surface area contributed by atoms with Crippen molar-refractivity contribution in [3.8, 4) is 5.75 Å². The van der Waals surface area contributed by atoms with Crippen LogP contribution in [0.5, 0.6) is 5.75 Å². The minimum absolute atomic E-state index is 0.174. The third-order valence-corrected chi connectivity index (χ3v) is 6.08.